The fraction of sp³-hybridized carbons (Fsp3) is 0.538. The van der Waals surface area contributed by atoms with Crippen LogP contribution in [0, 0.1) is 0 Å². The van der Waals surface area contributed by atoms with Gasteiger partial charge in [0.25, 0.3) is 5.91 Å². The third kappa shape index (κ3) is 5.85. The molecule has 0 spiro atoms. The van der Waals surface area contributed by atoms with E-state index < -0.39 is 11.5 Å². The van der Waals surface area contributed by atoms with Crippen molar-refractivity contribution in [3.8, 4) is 0 Å². The van der Waals surface area contributed by atoms with Gasteiger partial charge in [0.15, 0.2) is 5.76 Å². The van der Waals surface area contributed by atoms with Crippen LogP contribution in [0.15, 0.2) is 22.8 Å². The van der Waals surface area contributed by atoms with E-state index in [0.717, 1.165) is 0 Å². The van der Waals surface area contributed by atoms with Crippen LogP contribution in [0.2, 0.25) is 0 Å². The van der Waals surface area contributed by atoms with Gasteiger partial charge in [-0.05, 0) is 33.2 Å². The second-order valence-corrected chi connectivity index (χ2v) is 5.17. The largest absolute Gasteiger partial charge is 0.459 e. The number of hydrogen-bond donors (Lipinski definition) is 3. The van der Waals surface area contributed by atoms with Crippen LogP contribution in [0.25, 0.3) is 0 Å². The molecule has 1 rings (SSSR count). The number of furan rings is 1. The summed E-state index contributed by atoms with van der Waals surface area (Å²) in [4.78, 5) is 24.9. The lowest BCUT2D eigenvalue weighted by molar-refractivity contribution is -0.121. The number of carbonyl (C=O) groups is 2. The van der Waals surface area contributed by atoms with Gasteiger partial charge in [0.1, 0.15) is 0 Å². The van der Waals surface area contributed by atoms with Gasteiger partial charge in [-0.15, -0.1) is 0 Å². The van der Waals surface area contributed by atoms with Gasteiger partial charge >= 0.3 is 0 Å². The first-order valence-electron chi connectivity index (χ1n) is 6.26. The number of nitrogens with one attached hydrogen (secondary N) is 2. The number of nitrogens with zero attached hydrogens (tertiary/aromatic N) is 1. The third-order valence-electron chi connectivity index (χ3n) is 2.48. The van der Waals surface area contributed by atoms with Crippen LogP contribution in [0.1, 0.15) is 17.5 Å². The monoisotopic (exact) mass is 283 g/mol. The van der Waals surface area contributed by atoms with Crippen molar-refractivity contribution in [2.24, 2.45) is 0 Å². The molecule has 0 saturated carbocycles. The molecule has 3 N–H and O–H groups in total. The van der Waals surface area contributed by atoms with Crippen molar-refractivity contribution in [3.63, 3.8) is 0 Å². The summed E-state index contributed by atoms with van der Waals surface area (Å²) in [7, 11) is 3.67. The van der Waals surface area contributed by atoms with E-state index in [1.165, 1.54) is 12.3 Å². The van der Waals surface area contributed by atoms with E-state index in [9.17, 15) is 14.7 Å². The summed E-state index contributed by atoms with van der Waals surface area (Å²) in [5.74, 6) is -0.674. The number of likely N-dealkylation sites (N-methyl/N-ethyl adjacent to an activating group) is 1. The van der Waals surface area contributed by atoms with E-state index in [1.807, 2.05) is 19.0 Å². The minimum absolute atomic E-state index is 0.112. The Morgan fingerprint density at radius 2 is 2.10 bits per heavy atom. The predicted octanol–water partition coefficient (Wildman–Crippen LogP) is -0.562. The molecule has 112 valence electrons. The Morgan fingerprint density at radius 3 is 2.65 bits per heavy atom. The lowest BCUT2D eigenvalue weighted by atomic mass is 10.1. The highest BCUT2D eigenvalue weighted by atomic mass is 16.3. The lowest BCUT2D eigenvalue weighted by Crippen LogP contribution is -2.49. The van der Waals surface area contributed by atoms with Crippen molar-refractivity contribution >= 4 is 11.8 Å². The maximum atomic E-state index is 11.6. The molecule has 0 radical (unpaired) electrons. The van der Waals surface area contributed by atoms with Crippen molar-refractivity contribution in [1.82, 2.24) is 15.5 Å². The smallest absolute Gasteiger partial charge is 0.287 e. The van der Waals surface area contributed by atoms with E-state index in [4.69, 9.17) is 4.42 Å². The molecule has 0 aliphatic rings. The normalized spacial score (nSPS) is 13.8. The second kappa shape index (κ2) is 7.06. The second-order valence-electron chi connectivity index (χ2n) is 5.17. The molecule has 0 aromatic carbocycles. The summed E-state index contributed by atoms with van der Waals surface area (Å²) in [5, 5.41) is 15.0. The molecule has 1 unspecified atom stereocenters. The molecule has 0 saturated heterocycles. The van der Waals surface area contributed by atoms with Crippen molar-refractivity contribution in [2.75, 3.05) is 33.7 Å². The summed E-state index contributed by atoms with van der Waals surface area (Å²) in [6.45, 7) is 2.00. The lowest BCUT2D eigenvalue weighted by Gasteiger charge is -2.27. The SMILES string of the molecule is CN(C)CC(C)(O)CNC(=O)CNC(=O)c1ccco1. The van der Waals surface area contributed by atoms with Crippen molar-refractivity contribution < 1.29 is 19.1 Å². The van der Waals surface area contributed by atoms with Crippen molar-refractivity contribution in [1.29, 1.82) is 0 Å². The molecule has 1 aromatic rings. The van der Waals surface area contributed by atoms with Gasteiger partial charge in [-0.2, -0.15) is 0 Å². The van der Waals surface area contributed by atoms with Gasteiger partial charge < -0.3 is 25.1 Å². The van der Waals surface area contributed by atoms with Gasteiger partial charge in [-0.25, -0.2) is 0 Å². The maximum absolute atomic E-state index is 11.6. The van der Waals surface area contributed by atoms with E-state index in [0.29, 0.717) is 6.54 Å². The van der Waals surface area contributed by atoms with E-state index in [2.05, 4.69) is 10.6 Å². The maximum Gasteiger partial charge on any atom is 0.287 e. The Balaban J connectivity index is 2.29. The van der Waals surface area contributed by atoms with E-state index >= 15 is 0 Å². The van der Waals surface area contributed by atoms with Crippen LogP contribution < -0.4 is 10.6 Å². The van der Waals surface area contributed by atoms with Crippen LogP contribution in [-0.4, -0.2) is 61.2 Å². The Kier molecular flexibility index (Phi) is 5.72. The van der Waals surface area contributed by atoms with Gasteiger partial charge in [0, 0.05) is 13.1 Å². The van der Waals surface area contributed by atoms with E-state index in [1.54, 1.807) is 13.0 Å². The highest BCUT2D eigenvalue weighted by molar-refractivity contribution is 5.94. The first-order valence-corrected chi connectivity index (χ1v) is 6.26. The fourth-order valence-electron chi connectivity index (χ4n) is 1.74. The predicted molar refractivity (Wildman–Crippen MR) is 73.2 cm³/mol. The molecule has 20 heavy (non-hydrogen) atoms. The molecule has 7 nitrogen and oxygen atoms in total. The summed E-state index contributed by atoms with van der Waals surface area (Å²) in [6.07, 6.45) is 1.38. The van der Waals surface area contributed by atoms with Crippen molar-refractivity contribution in [3.05, 3.63) is 24.2 Å². The number of amides is 2. The van der Waals surface area contributed by atoms with Gasteiger partial charge in [-0.3, -0.25) is 9.59 Å². The average molecular weight is 283 g/mol. The quantitative estimate of drug-likeness (QED) is 0.623. The van der Waals surface area contributed by atoms with E-state index in [-0.39, 0.29) is 24.8 Å². The standard InChI is InChI=1S/C13H21N3O4/c1-13(19,9-16(2)3)8-15-11(17)7-14-12(18)10-5-4-6-20-10/h4-6,19H,7-9H2,1-3H3,(H,14,18)(H,15,17). The topological polar surface area (TPSA) is 94.8 Å². The van der Waals surface area contributed by atoms with Crippen LogP contribution in [-0.2, 0) is 4.79 Å². The van der Waals surface area contributed by atoms with Crippen molar-refractivity contribution in [2.45, 2.75) is 12.5 Å². The number of carbonyl (C=O) groups excluding carboxylic acids is 2. The molecular formula is C13H21N3O4. The average Bonchev–Trinajstić information content (AvgIpc) is 2.85. The molecule has 2 amide bonds. The van der Waals surface area contributed by atoms with Crippen LogP contribution in [0.3, 0.4) is 0 Å². The zero-order valence-electron chi connectivity index (χ0n) is 12.0. The molecule has 0 bridgehead atoms. The minimum atomic E-state index is -1.02. The summed E-state index contributed by atoms with van der Waals surface area (Å²) < 4.78 is 4.90. The number of rotatable bonds is 7. The third-order valence-corrected chi connectivity index (χ3v) is 2.48. The zero-order valence-corrected chi connectivity index (χ0v) is 12.0. The molecule has 1 atom stereocenters. The fourth-order valence-corrected chi connectivity index (χ4v) is 1.74. The Hall–Kier alpha value is -1.86. The highest BCUT2D eigenvalue weighted by Crippen LogP contribution is 2.02. The van der Waals surface area contributed by atoms with Crippen LogP contribution >= 0.6 is 0 Å². The molecular weight excluding hydrogens is 262 g/mol. The number of hydrogen-bond acceptors (Lipinski definition) is 5. The van der Waals surface area contributed by atoms with Crippen LogP contribution in [0.5, 0.6) is 0 Å². The van der Waals surface area contributed by atoms with Gasteiger partial charge in [0.2, 0.25) is 5.91 Å². The molecule has 0 aliphatic heterocycles. The molecule has 7 heteroatoms. The molecule has 1 heterocycles. The summed E-state index contributed by atoms with van der Waals surface area (Å²) in [6, 6.07) is 3.10. The Labute approximate surface area is 117 Å². The molecule has 1 aromatic heterocycles. The number of aliphatic hydroxyl groups is 1. The zero-order chi connectivity index (χ0) is 15.2. The van der Waals surface area contributed by atoms with Gasteiger partial charge in [0.05, 0.1) is 18.4 Å². The molecule has 0 aliphatic carbocycles. The van der Waals surface area contributed by atoms with Crippen LogP contribution in [0.4, 0.5) is 0 Å². The Bertz CT molecular complexity index is 440. The summed E-state index contributed by atoms with van der Waals surface area (Å²) in [5.41, 5.74) is -1.02. The summed E-state index contributed by atoms with van der Waals surface area (Å²) >= 11 is 0. The van der Waals surface area contributed by atoms with Gasteiger partial charge in [-0.1, -0.05) is 0 Å². The first kappa shape index (κ1) is 16.2. The first-order chi connectivity index (χ1) is 9.30. The molecule has 0 fully saturated rings. The Morgan fingerprint density at radius 1 is 1.40 bits per heavy atom. The highest BCUT2D eigenvalue weighted by Gasteiger charge is 2.22. The minimum Gasteiger partial charge on any atom is -0.459 e.